The molecular formula is C16H26N2O. The topological polar surface area (TPSA) is 26.7 Å². The maximum absolute atomic E-state index is 10.7. The lowest BCUT2D eigenvalue weighted by molar-refractivity contribution is -0.0270. The number of hydrogen-bond donors (Lipinski definition) is 1. The van der Waals surface area contributed by atoms with E-state index in [9.17, 15) is 5.11 Å². The molecule has 0 bridgehead atoms. The Labute approximate surface area is 116 Å². The second-order valence-electron chi connectivity index (χ2n) is 6.58. The molecule has 1 fully saturated rings. The summed E-state index contributed by atoms with van der Waals surface area (Å²) in [6.07, 6.45) is 0. The number of aliphatic hydroxyl groups is 1. The van der Waals surface area contributed by atoms with E-state index in [0.717, 1.165) is 25.2 Å². The quantitative estimate of drug-likeness (QED) is 0.901. The molecule has 3 nitrogen and oxygen atoms in total. The van der Waals surface area contributed by atoms with E-state index < -0.39 is 5.60 Å². The van der Waals surface area contributed by atoms with E-state index in [4.69, 9.17) is 0 Å². The van der Waals surface area contributed by atoms with E-state index in [2.05, 4.69) is 30.7 Å². The third-order valence-corrected chi connectivity index (χ3v) is 4.32. The van der Waals surface area contributed by atoms with Gasteiger partial charge in [-0.2, -0.15) is 0 Å². The van der Waals surface area contributed by atoms with Crippen LogP contribution in [0.3, 0.4) is 0 Å². The fourth-order valence-corrected chi connectivity index (χ4v) is 2.80. The summed E-state index contributed by atoms with van der Waals surface area (Å²) in [4.78, 5) is 4.76. The first-order chi connectivity index (χ1) is 8.81. The van der Waals surface area contributed by atoms with Gasteiger partial charge in [0.2, 0.25) is 0 Å². The molecular weight excluding hydrogens is 236 g/mol. The third kappa shape index (κ3) is 3.35. The summed E-state index contributed by atoms with van der Waals surface area (Å²) in [6, 6.07) is 9.95. The van der Waals surface area contributed by atoms with Gasteiger partial charge in [-0.1, -0.05) is 30.3 Å². The van der Waals surface area contributed by atoms with Gasteiger partial charge in [-0.3, -0.25) is 9.80 Å². The van der Waals surface area contributed by atoms with Crippen molar-refractivity contribution in [1.29, 1.82) is 0 Å². The van der Waals surface area contributed by atoms with Gasteiger partial charge in [-0.15, -0.1) is 0 Å². The third-order valence-electron chi connectivity index (χ3n) is 4.32. The van der Waals surface area contributed by atoms with Crippen LogP contribution in [0.4, 0.5) is 0 Å². The second-order valence-corrected chi connectivity index (χ2v) is 6.58. The van der Waals surface area contributed by atoms with Crippen molar-refractivity contribution in [2.24, 2.45) is 0 Å². The summed E-state index contributed by atoms with van der Waals surface area (Å²) in [5.74, 6) is 0. The van der Waals surface area contributed by atoms with Gasteiger partial charge in [0.15, 0.2) is 0 Å². The number of hydrogen-bond acceptors (Lipinski definition) is 3. The van der Waals surface area contributed by atoms with E-state index in [0.29, 0.717) is 6.54 Å². The predicted molar refractivity (Wildman–Crippen MR) is 79.2 cm³/mol. The van der Waals surface area contributed by atoms with Crippen LogP contribution in [-0.2, 0) is 5.60 Å². The molecule has 0 amide bonds. The number of nitrogens with zero attached hydrogens (tertiary/aromatic N) is 2. The van der Waals surface area contributed by atoms with E-state index in [1.54, 1.807) is 0 Å². The molecule has 0 aromatic heterocycles. The van der Waals surface area contributed by atoms with E-state index in [1.807, 2.05) is 37.3 Å². The number of piperazine rings is 1. The highest BCUT2D eigenvalue weighted by Gasteiger charge is 2.34. The fraction of sp³-hybridized carbons (Fsp3) is 0.625. The van der Waals surface area contributed by atoms with Crippen molar-refractivity contribution in [3.05, 3.63) is 35.9 Å². The molecule has 1 saturated heterocycles. The maximum Gasteiger partial charge on any atom is 0.0994 e. The van der Waals surface area contributed by atoms with Crippen LogP contribution in [0.1, 0.15) is 26.3 Å². The average molecular weight is 262 g/mol. The van der Waals surface area contributed by atoms with Crippen molar-refractivity contribution in [3.8, 4) is 0 Å². The van der Waals surface area contributed by atoms with Gasteiger partial charge in [0.1, 0.15) is 0 Å². The zero-order chi connectivity index (χ0) is 14.1. The minimum atomic E-state index is -0.784. The Hall–Kier alpha value is -0.900. The van der Waals surface area contributed by atoms with Gasteiger partial charge >= 0.3 is 0 Å². The Morgan fingerprint density at radius 2 is 1.84 bits per heavy atom. The van der Waals surface area contributed by atoms with Gasteiger partial charge < -0.3 is 5.11 Å². The first kappa shape index (κ1) is 14.5. The summed E-state index contributed by atoms with van der Waals surface area (Å²) in [7, 11) is 2.17. The second kappa shape index (κ2) is 5.23. The highest BCUT2D eigenvalue weighted by molar-refractivity contribution is 5.21. The first-order valence-corrected chi connectivity index (χ1v) is 7.03. The Morgan fingerprint density at radius 1 is 1.21 bits per heavy atom. The predicted octanol–water partition coefficient (Wildman–Crippen LogP) is 1.92. The molecule has 0 radical (unpaired) electrons. The maximum atomic E-state index is 10.7. The molecule has 1 N–H and O–H groups in total. The standard InChI is InChI=1S/C16H26N2O/c1-15(2)12-18(11-10-17(15)4)13-16(3,19)14-8-6-5-7-9-14/h5-9,19H,10-13H2,1-4H3. The zero-order valence-corrected chi connectivity index (χ0v) is 12.6. The van der Waals surface area contributed by atoms with Gasteiger partial charge in [0.05, 0.1) is 5.60 Å². The smallest absolute Gasteiger partial charge is 0.0994 e. The van der Waals surface area contributed by atoms with Crippen LogP contribution in [0.5, 0.6) is 0 Å². The van der Waals surface area contributed by atoms with E-state index in [-0.39, 0.29) is 5.54 Å². The van der Waals surface area contributed by atoms with Crippen molar-refractivity contribution in [2.75, 3.05) is 33.2 Å². The molecule has 1 heterocycles. The fourth-order valence-electron chi connectivity index (χ4n) is 2.80. The Bertz CT molecular complexity index is 414. The average Bonchev–Trinajstić information content (AvgIpc) is 2.34. The van der Waals surface area contributed by atoms with Crippen molar-refractivity contribution >= 4 is 0 Å². The summed E-state index contributed by atoms with van der Waals surface area (Å²) >= 11 is 0. The summed E-state index contributed by atoms with van der Waals surface area (Å²) < 4.78 is 0. The van der Waals surface area contributed by atoms with Crippen LogP contribution < -0.4 is 0 Å². The lowest BCUT2D eigenvalue weighted by Crippen LogP contribution is -2.59. The molecule has 0 aliphatic carbocycles. The molecule has 0 spiro atoms. The molecule has 106 valence electrons. The monoisotopic (exact) mass is 262 g/mol. The Morgan fingerprint density at radius 3 is 2.42 bits per heavy atom. The van der Waals surface area contributed by atoms with Gasteiger partial charge in [-0.25, -0.2) is 0 Å². The van der Waals surface area contributed by atoms with E-state index >= 15 is 0 Å². The molecule has 1 aromatic rings. The first-order valence-electron chi connectivity index (χ1n) is 7.03. The Balaban J connectivity index is 2.05. The molecule has 1 aromatic carbocycles. The molecule has 1 unspecified atom stereocenters. The van der Waals surface area contributed by atoms with E-state index in [1.165, 1.54) is 0 Å². The van der Waals surface area contributed by atoms with Gasteiger partial charge in [-0.05, 0) is 33.4 Å². The molecule has 19 heavy (non-hydrogen) atoms. The number of β-amino-alcohol motifs (C(OH)–C–C–N with tert-alkyl or cyclic N) is 1. The van der Waals surface area contributed by atoms with Crippen LogP contribution >= 0.6 is 0 Å². The lowest BCUT2D eigenvalue weighted by Gasteiger charge is -2.47. The Kier molecular flexibility index (Phi) is 4.00. The molecule has 2 rings (SSSR count). The number of benzene rings is 1. The minimum absolute atomic E-state index is 0.172. The van der Waals surface area contributed by atoms with Crippen LogP contribution in [0.15, 0.2) is 30.3 Å². The van der Waals surface area contributed by atoms with Crippen molar-refractivity contribution in [3.63, 3.8) is 0 Å². The summed E-state index contributed by atoms with van der Waals surface area (Å²) in [6.45, 7) is 10.2. The van der Waals surface area contributed by atoms with Gasteiger partial charge in [0.25, 0.3) is 0 Å². The normalized spacial score (nSPS) is 24.1. The van der Waals surface area contributed by atoms with Crippen LogP contribution in [0.2, 0.25) is 0 Å². The van der Waals surface area contributed by atoms with Crippen LogP contribution in [0, 0.1) is 0 Å². The number of rotatable bonds is 3. The van der Waals surface area contributed by atoms with Crippen molar-refractivity contribution in [1.82, 2.24) is 9.80 Å². The molecule has 1 aliphatic rings. The highest BCUT2D eigenvalue weighted by atomic mass is 16.3. The minimum Gasteiger partial charge on any atom is -0.384 e. The van der Waals surface area contributed by atoms with Gasteiger partial charge in [0, 0.05) is 31.7 Å². The zero-order valence-electron chi connectivity index (χ0n) is 12.6. The largest absolute Gasteiger partial charge is 0.384 e. The highest BCUT2D eigenvalue weighted by Crippen LogP contribution is 2.25. The van der Waals surface area contributed by atoms with Crippen molar-refractivity contribution < 1.29 is 5.11 Å². The van der Waals surface area contributed by atoms with Crippen LogP contribution in [-0.4, -0.2) is 53.7 Å². The molecule has 3 heteroatoms. The summed E-state index contributed by atoms with van der Waals surface area (Å²) in [5, 5.41) is 10.7. The molecule has 0 saturated carbocycles. The number of likely N-dealkylation sites (N-methyl/N-ethyl adjacent to an activating group) is 1. The lowest BCUT2D eigenvalue weighted by atomic mass is 9.93. The van der Waals surface area contributed by atoms with Crippen molar-refractivity contribution in [2.45, 2.75) is 31.9 Å². The van der Waals surface area contributed by atoms with Crippen LogP contribution in [0.25, 0.3) is 0 Å². The summed E-state index contributed by atoms with van der Waals surface area (Å²) in [5.41, 5.74) is 0.380. The SMILES string of the molecule is CN1CCN(CC(C)(O)c2ccccc2)CC1(C)C. The molecule has 1 atom stereocenters. The molecule has 1 aliphatic heterocycles.